The van der Waals surface area contributed by atoms with Crippen molar-refractivity contribution in [3.8, 4) is 0 Å². The van der Waals surface area contributed by atoms with Crippen LogP contribution in [0.1, 0.15) is 34.1 Å². The number of hydrogen-bond donors (Lipinski definition) is 2. The van der Waals surface area contributed by atoms with Crippen molar-refractivity contribution in [1.82, 2.24) is 0 Å². The van der Waals surface area contributed by atoms with E-state index in [1.807, 2.05) is 0 Å². The van der Waals surface area contributed by atoms with Crippen molar-refractivity contribution in [3.05, 3.63) is 60.8 Å². The number of carbonyl (C=O) groups excluding carboxylic acids is 6. The molecule has 46 heavy (non-hydrogen) atoms. The summed E-state index contributed by atoms with van der Waals surface area (Å²) in [5, 5.41) is 17.3. The first-order valence-electron chi connectivity index (χ1n) is 13.2. The predicted octanol–water partition coefficient (Wildman–Crippen LogP) is 1.39. The maximum Gasteiger partial charge on any atom is 0.333 e. The number of rotatable bonds is 20. The zero-order valence-corrected chi connectivity index (χ0v) is 25.7. The average molecular weight is 653 g/mol. The monoisotopic (exact) mass is 652 g/mol. The van der Waals surface area contributed by atoms with Gasteiger partial charge >= 0.3 is 47.8 Å². The molecule has 0 fully saturated rings. The Morgan fingerprint density at radius 2 is 0.957 bits per heavy atom. The normalized spacial score (nSPS) is 12.3. The number of aliphatic carboxylic acids is 2. The SMILES string of the molecule is C=C(C)C(=O)OCC(COC(=O)C(=C)CC(C)(C)C(=O)OCC(COC(=O)C(=C)C)OC(=O)/C=C/C(=O)O)OC(=O)/C=C/C(=O)O. The molecule has 0 bridgehead atoms. The van der Waals surface area contributed by atoms with E-state index in [9.17, 15) is 38.4 Å². The van der Waals surface area contributed by atoms with Crippen LogP contribution in [-0.4, -0.2) is 96.6 Å². The molecule has 0 amide bonds. The summed E-state index contributed by atoms with van der Waals surface area (Å²) in [7, 11) is 0. The molecule has 0 saturated heterocycles. The lowest BCUT2D eigenvalue weighted by molar-refractivity contribution is -0.167. The molecule has 0 saturated carbocycles. The predicted molar refractivity (Wildman–Crippen MR) is 154 cm³/mol. The van der Waals surface area contributed by atoms with E-state index in [0.717, 1.165) is 0 Å². The van der Waals surface area contributed by atoms with E-state index in [1.54, 1.807) is 0 Å². The summed E-state index contributed by atoms with van der Waals surface area (Å²) in [6.07, 6.45) is -0.813. The van der Waals surface area contributed by atoms with E-state index in [4.69, 9.17) is 38.6 Å². The Kier molecular flexibility index (Phi) is 17.3. The molecule has 0 aliphatic carbocycles. The second kappa shape index (κ2) is 19.7. The van der Waals surface area contributed by atoms with E-state index in [-0.39, 0.29) is 23.1 Å². The highest BCUT2D eigenvalue weighted by Crippen LogP contribution is 2.27. The highest BCUT2D eigenvalue weighted by Gasteiger charge is 2.33. The minimum atomic E-state index is -1.43. The van der Waals surface area contributed by atoms with Crippen LogP contribution in [0.2, 0.25) is 0 Å². The van der Waals surface area contributed by atoms with Gasteiger partial charge in [0.25, 0.3) is 0 Å². The molecule has 16 nitrogen and oxygen atoms in total. The quantitative estimate of drug-likeness (QED) is 0.107. The Labute approximate surface area is 263 Å². The third kappa shape index (κ3) is 17.5. The van der Waals surface area contributed by atoms with Gasteiger partial charge in [0.2, 0.25) is 0 Å². The van der Waals surface area contributed by atoms with Crippen molar-refractivity contribution in [3.63, 3.8) is 0 Å². The molecule has 2 unspecified atom stereocenters. The first-order valence-corrected chi connectivity index (χ1v) is 13.2. The molecular weight excluding hydrogens is 616 g/mol. The van der Waals surface area contributed by atoms with Crippen LogP contribution in [0.4, 0.5) is 0 Å². The molecular formula is C30H36O16. The van der Waals surface area contributed by atoms with E-state index >= 15 is 0 Å². The smallest absolute Gasteiger partial charge is 0.333 e. The summed E-state index contributed by atoms with van der Waals surface area (Å²) >= 11 is 0. The molecule has 16 heteroatoms. The molecule has 0 heterocycles. The lowest BCUT2D eigenvalue weighted by Crippen LogP contribution is -2.35. The molecule has 0 rings (SSSR count). The van der Waals surface area contributed by atoms with Crippen LogP contribution in [0.25, 0.3) is 0 Å². The highest BCUT2D eigenvalue weighted by molar-refractivity contribution is 5.92. The largest absolute Gasteiger partial charge is 0.478 e. The molecule has 0 aromatic heterocycles. The molecule has 0 aliphatic rings. The topological polar surface area (TPSA) is 232 Å². The molecule has 0 aromatic carbocycles. The van der Waals surface area contributed by atoms with Crippen molar-refractivity contribution in [2.75, 3.05) is 26.4 Å². The fourth-order valence-corrected chi connectivity index (χ4v) is 2.81. The number of carboxylic acid groups (broad SMARTS) is 2. The van der Waals surface area contributed by atoms with Crippen LogP contribution in [0.3, 0.4) is 0 Å². The van der Waals surface area contributed by atoms with E-state index in [0.29, 0.717) is 24.3 Å². The number of esters is 6. The standard InChI is InChI=1S/C30H36O16/c1-17(2)26(37)41-13-20(45-24(35)10-8-22(31)32)15-43-28(39)19(5)12-30(6,7)29(40)44-16-21(14-42-27(38)18(3)4)46-25(36)11-9-23(33)34/h8-11,20-21H,1,3,5,12-16H2,2,4,6-7H3,(H,31,32)(H,33,34)/b10-8+,11-9+. The lowest BCUT2D eigenvalue weighted by Gasteiger charge is -2.25. The van der Waals surface area contributed by atoms with Crippen molar-refractivity contribution in [1.29, 1.82) is 0 Å². The lowest BCUT2D eigenvalue weighted by atomic mass is 9.86. The van der Waals surface area contributed by atoms with Gasteiger partial charge in [-0.3, -0.25) is 4.79 Å². The van der Waals surface area contributed by atoms with Gasteiger partial charge in [-0.05, 0) is 34.1 Å². The molecule has 0 aliphatic heterocycles. The number of carbonyl (C=O) groups is 8. The molecule has 252 valence electrons. The van der Waals surface area contributed by atoms with Gasteiger partial charge in [-0.2, -0.15) is 0 Å². The third-order valence-electron chi connectivity index (χ3n) is 5.08. The van der Waals surface area contributed by atoms with Crippen LogP contribution >= 0.6 is 0 Å². The van der Waals surface area contributed by atoms with Gasteiger partial charge in [0.05, 0.1) is 5.41 Å². The second-order valence-corrected chi connectivity index (χ2v) is 10.1. The van der Waals surface area contributed by atoms with Crippen molar-refractivity contribution >= 4 is 47.8 Å². The van der Waals surface area contributed by atoms with Gasteiger partial charge in [-0.1, -0.05) is 19.7 Å². The molecule has 0 spiro atoms. The molecule has 2 atom stereocenters. The van der Waals surface area contributed by atoms with Gasteiger partial charge in [0.15, 0.2) is 12.2 Å². The number of carboxylic acids is 2. The van der Waals surface area contributed by atoms with Crippen LogP contribution in [0.5, 0.6) is 0 Å². The van der Waals surface area contributed by atoms with Crippen molar-refractivity contribution < 1.29 is 77.0 Å². The number of hydrogen-bond acceptors (Lipinski definition) is 14. The van der Waals surface area contributed by atoms with Crippen LogP contribution in [0.15, 0.2) is 60.8 Å². The van der Waals surface area contributed by atoms with Crippen LogP contribution < -0.4 is 0 Å². The summed E-state index contributed by atoms with van der Waals surface area (Å²) in [5.74, 6) is -8.70. The summed E-state index contributed by atoms with van der Waals surface area (Å²) in [4.78, 5) is 94.0. The van der Waals surface area contributed by atoms with Crippen molar-refractivity contribution in [2.24, 2.45) is 5.41 Å². The Hall–Kier alpha value is -5.54. The zero-order valence-electron chi connectivity index (χ0n) is 25.7. The minimum Gasteiger partial charge on any atom is -0.478 e. The van der Waals surface area contributed by atoms with Gasteiger partial charge in [0.1, 0.15) is 26.4 Å². The summed E-state index contributed by atoms with van der Waals surface area (Å²) in [6.45, 7) is 13.5. The summed E-state index contributed by atoms with van der Waals surface area (Å²) in [6, 6.07) is 0. The van der Waals surface area contributed by atoms with Crippen LogP contribution in [0, 0.1) is 5.41 Å². The Morgan fingerprint density at radius 1 is 0.609 bits per heavy atom. The van der Waals surface area contributed by atoms with Gasteiger partial charge < -0.3 is 38.6 Å². The summed E-state index contributed by atoms with van der Waals surface area (Å²) < 4.78 is 30.1. The van der Waals surface area contributed by atoms with E-state index in [2.05, 4.69) is 19.7 Å². The maximum atomic E-state index is 12.8. The van der Waals surface area contributed by atoms with Gasteiger partial charge in [-0.25, -0.2) is 33.6 Å². The minimum absolute atomic E-state index is 0.0303. The average Bonchev–Trinajstić information content (AvgIpc) is 2.96. The van der Waals surface area contributed by atoms with Gasteiger partial charge in [-0.15, -0.1) is 0 Å². The van der Waals surface area contributed by atoms with Crippen molar-refractivity contribution in [2.45, 2.75) is 46.3 Å². The fourth-order valence-electron chi connectivity index (χ4n) is 2.81. The van der Waals surface area contributed by atoms with E-state index < -0.39 is 91.8 Å². The fraction of sp³-hybridized carbons (Fsp3) is 0.400. The van der Waals surface area contributed by atoms with Crippen LogP contribution in [-0.2, 0) is 66.8 Å². The Bertz CT molecular complexity index is 1300. The third-order valence-corrected chi connectivity index (χ3v) is 5.08. The second-order valence-electron chi connectivity index (χ2n) is 10.1. The first kappa shape index (κ1) is 40.5. The van der Waals surface area contributed by atoms with Gasteiger partial charge in [0, 0.05) is 41.0 Å². The molecule has 2 N–H and O–H groups in total. The highest BCUT2D eigenvalue weighted by atomic mass is 16.6. The summed E-state index contributed by atoms with van der Waals surface area (Å²) in [5.41, 5.74) is -1.59. The molecule has 0 aromatic rings. The number of ether oxygens (including phenoxy) is 6. The Balaban J connectivity index is 5.37. The maximum absolute atomic E-state index is 12.8. The first-order chi connectivity index (χ1) is 21.2. The zero-order chi connectivity index (χ0) is 35.6. The molecule has 0 radical (unpaired) electrons. The van der Waals surface area contributed by atoms with E-state index in [1.165, 1.54) is 27.7 Å². The Morgan fingerprint density at radius 3 is 1.30 bits per heavy atom.